The van der Waals surface area contributed by atoms with Gasteiger partial charge in [-0.3, -0.25) is 0 Å². The van der Waals surface area contributed by atoms with E-state index in [-0.39, 0.29) is 5.82 Å². The topological polar surface area (TPSA) is 28.2 Å². The Hall–Kier alpha value is -0.680. The fraction of sp³-hybridized carbons (Fsp3) is 0.583. The third-order valence-corrected chi connectivity index (χ3v) is 4.12. The first-order valence-electron chi connectivity index (χ1n) is 6.03. The van der Waals surface area contributed by atoms with Gasteiger partial charge in [0.2, 0.25) is 0 Å². The first-order valence-corrected chi connectivity index (χ1v) is 6.83. The minimum absolute atomic E-state index is 0.238. The highest BCUT2D eigenvalue weighted by atomic mass is 79.9. The van der Waals surface area contributed by atoms with Crippen LogP contribution < -0.4 is 10.2 Å². The number of anilines is 1. The first-order chi connectivity index (χ1) is 8.24. The number of aromatic nitrogens is 1. The molecule has 1 aromatic heterocycles. The van der Waals surface area contributed by atoms with E-state index in [2.05, 4.69) is 31.1 Å². The maximum absolute atomic E-state index is 13.8. The Morgan fingerprint density at radius 3 is 3.12 bits per heavy atom. The van der Waals surface area contributed by atoms with Crippen LogP contribution in [0.2, 0.25) is 0 Å². The molecule has 2 aliphatic heterocycles. The largest absolute Gasteiger partial charge is 0.352 e. The molecule has 2 saturated heterocycles. The van der Waals surface area contributed by atoms with Crippen molar-refractivity contribution in [1.82, 2.24) is 10.3 Å². The molecule has 1 aromatic rings. The van der Waals surface area contributed by atoms with Crippen molar-refractivity contribution in [1.29, 1.82) is 0 Å². The fourth-order valence-electron chi connectivity index (χ4n) is 2.86. The van der Waals surface area contributed by atoms with E-state index < -0.39 is 0 Å². The van der Waals surface area contributed by atoms with Crippen molar-refractivity contribution in [2.24, 2.45) is 5.92 Å². The summed E-state index contributed by atoms with van der Waals surface area (Å²) in [6.45, 7) is 2.88. The minimum atomic E-state index is -0.238. The van der Waals surface area contributed by atoms with Crippen LogP contribution in [0.15, 0.2) is 16.7 Å². The number of hydrogen-bond donors (Lipinski definition) is 1. The van der Waals surface area contributed by atoms with E-state index in [4.69, 9.17) is 0 Å². The van der Waals surface area contributed by atoms with Crippen molar-refractivity contribution in [2.75, 3.05) is 24.5 Å². The maximum Gasteiger partial charge on any atom is 0.166 e. The lowest BCUT2D eigenvalue weighted by Crippen LogP contribution is -2.40. The zero-order valence-electron chi connectivity index (χ0n) is 9.50. The van der Waals surface area contributed by atoms with Crippen molar-refractivity contribution >= 4 is 21.7 Å². The summed E-state index contributed by atoms with van der Waals surface area (Å²) < 4.78 is 14.5. The van der Waals surface area contributed by atoms with E-state index in [0.717, 1.165) is 19.6 Å². The molecule has 0 saturated carbocycles. The van der Waals surface area contributed by atoms with E-state index in [1.165, 1.54) is 18.9 Å². The molecule has 0 spiro atoms. The van der Waals surface area contributed by atoms with Crippen LogP contribution in [-0.2, 0) is 0 Å². The lowest BCUT2D eigenvalue weighted by atomic mass is 9.94. The molecule has 0 amide bonds. The Morgan fingerprint density at radius 2 is 2.35 bits per heavy atom. The highest BCUT2D eigenvalue weighted by Gasteiger charge is 2.35. The third-order valence-electron chi connectivity index (χ3n) is 3.69. The van der Waals surface area contributed by atoms with Crippen molar-refractivity contribution in [3.05, 3.63) is 22.6 Å². The average molecular weight is 300 g/mol. The van der Waals surface area contributed by atoms with Crippen molar-refractivity contribution in [3.63, 3.8) is 0 Å². The van der Waals surface area contributed by atoms with Crippen LogP contribution in [0.25, 0.3) is 0 Å². The molecule has 3 heterocycles. The summed E-state index contributed by atoms with van der Waals surface area (Å²) in [5, 5.41) is 3.51. The standard InChI is InChI=1S/C12H15BrFN3/c13-9-4-10(14)12(16-5-9)17-6-8-2-1-3-15-11(8)7-17/h4-5,8,11,15H,1-3,6-7H2. The van der Waals surface area contributed by atoms with Gasteiger partial charge in [-0.05, 0) is 47.3 Å². The molecule has 2 atom stereocenters. The van der Waals surface area contributed by atoms with Gasteiger partial charge in [0.25, 0.3) is 0 Å². The number of nitrogens with zero attached hydrogens (tertiary/aromatic N) is 2. The van der Waals surface area contributed by atoms with Crippen LogP contribution >= 0.6 is 15.9 Å². The number of pyridine rings is 1. The quantitative estimate of drug-likeness (QED) is 0.861. The Bertz CT molecular complexity index is 412. The molecule has 3 nitrogen and oxygen atoms in total. The SMILES string of the molecule is Fc1cc(Br)cnc1N1CC2CCCNC2C1. The third kappa shape index (κ3) is 2.18. The number of piperidine rings is 1. The predicted molar refractivity (Wildman–Crippen MR) is 68.6 cm³/mol. The van der Waals surface area contributed by atoms with Gasteiger partial charge in [0.15, 0.2) is 11.6 Å². The lowest BCUT2D eigenvalue weighted by molar-refractivity contribution is 0.340. The molecule has 2 aliphatic rings. The molecule has 92 valence electrons. The van der Waals surface area contributed by atoms with E-state index >= 15 is 0 Å². The Labute approximate surface area is 109 Å². The Balaban J connectivity index is 1.81. The second kappa shape index (κ2) is 4.53. The van der Waals surface area contributed by atoms with Crippen molar-refractivity contribution in [3.8, 4) is 0 Å². The summed E-state index contributed by atoms with van der Waals surface area (Å²) in [4.78, 5) is 6.26. The van der Waals surface area contributed by atoms with Gasteiger partial charge < -0.3 is 10.2 Å². The van der Waals surface area contributed by atoms with Gasteiger partial charge >= 0.3 is 0 Å². The van der Waals surface area contributed by atoms with Gasteiger partial charge in [-0.15, -0.1) is 0 Å². The van der Waals surface area contributed by atoms with Crippen molar-refractivity contribution in [2.45, 2.75) is 18.9 Å². The van der Waals surface area contributed by atoms with E-state index in [1.807, 2.05) is 0 Å². The Kier molecular flexibility index (Phi) is 3.04. The van der Waals surface area contributed by atoms with Gasteiger partial charge in [0.05, 0.1) is 0 Å². The monoisotopic (exact) mass is 299 g/mol. The summed E-state index contributed by atoms with van der Waals surface area (Å²) in [6.07, 6.45) is 4.13. The summed E-state index contributed by atoms with van der Waals surface area (Å²) >= 11 is 3.23. The summed E-state index contributed by atoms with van der Waals surface area (Å²) in [5.41, 5.74) is 0. The maximum atomic E-state index is 13.8. The molecular weight excluding hydrogens is 285 g/mol. The molecule has 17 heavy (non-hydrogen) atoms. The molecular formula is C12H15BrFN3. The average Bonchev–Trinajstić information content (AvgIpc) is 2.72. The van der Waals surface area contributed by atoms with Crippen LogP contribution in [0.4, 0.5) is 10.2 Å². The Morgan fingerprint density at radius 1 is 1.47 bits per heavy atom. The van der Waals surface area contributed by atoms with Gasteiger partial charge in [0.1, 0.15) is 0 Å². The zero-order valence-corrected chi connectivity index (χ0v) is 11.1. The minimum Gasteiger partial charge on any atom is -0.352 e. The number of nitrogens with one attached hydrogen (secondary N) is 1. The molecule has 0 radical (unpaired) electrons. The molecule has 2 unspecified atom stereocenters. The molecule has 0 aromatic carbocycles. The molecule has 1 N–H and O–H groups in total. The number of halogens is 2. The smallest absolute Gasteiger partial charge is 0.166 e. The summed E-state index contributed by atoms with van der Waals surface area (Å²) in [5.74, 6) is 0.899. The molecule has 0 aliphatic carbocycles. The van der Waals surface area contributed by atoms with Crippen LogP contribution in [0.1, 0.15) is 12.8 Å². The number of fused-ring (bicyclic) bond motifs is 1. The normalized spacial score (nSPS) is 28.2. The van der Waals surface area contributed by atoms with Crippen LogP contribution in [0.3, 0.4) is 0 Å². The van der Waals surface area contributed by atoms with Crippen LogP contribution in [0.5, 0.6) is 0 Å². The van der Waals surface area contributed by atoms with Gasteiger partial charge in [-0.1, -0.05) is 0 Å². The fourth-order valence-corrected chi connectivity index (χ4v) is 3.16. The van der Waals surface area contributed by atoms with Gasteiger partial charge in [-0.25, -0.2) is 9.37 Å². The number of rotatable bonds is 1. The predicted octanol–water partition coefficient (Wildman–Crippen LogP) is 2.17. The van der Waals surface area contributed by atoms with Crippen LogP contribution in [-0.4, -0.2) is 30.7 Å². The highest BCUT2D eigenvalue weighted by Crippen LogP contribution is 2.29. The zero-order chi connectivity index (χ0) is 11.8. The van der Waals surface area contributed by atoms with Crippen LogP contribution in [0, 0.1) is 11.7 Å². The second-order valence-electron chi connectivity index (χ2n) is 4.83. The molecule has 0 bridgehead atoms. The molecule has 3 rings (SSSR count). The van der Waals surface area contributed by atoms with E-state index in [0.29, 0.717) is 22.3 Å². The highest BCUT2D eigenvalue weighted by molar-refractivity contribution is 9.10. The first kappa shape index (κ1) is 11.4. The summed E-state index contributed by atoms with van der Waals surface area (Å²) in [6, 6.07) is 1.99. The van der Waals surface area contributed by atoms with Gasteiger partial charge in [-0.2, -0.15) is 0 Å². The van der Waals surface area contributed by atoms with Gasteiger partial charge in [0, 0.05) is 29.8 Å². The molecule has 5 heteroatoms. The van der Waals surface area contributed by atoms with Crippen molar-refractivity contribution < 1.29 is 4.39 Å². The van der Waals surface area contributed by atoms with E-state index in [1.54, 1.807) is 6.20 Å². The van der Waals surface area contributed by atoms with E-state index in [9.17, 15) is 4.39 Å². The second-order valence-corrected chi connectivity index (χ2v) is 5.74. The number of hydrogen-bond acceptors (Lipinski definition) is 3. The lowest BCUT2D eigenvalue weighted by Gasteiger charge is -2.24. The molecule has 2 fully saturated rings. The summed E-state index contributed by atoms with van der Waals surface area (Å²) in [7, 11) is 0.